The molecule has 214 valence electrons. The number of hydrogen-bond donors (Lipinski definition) is 6. The highest BCUT2D eigenvalue weighted by atomic mass is 31.2. The van der Waals surface area contributed by atoms with Crippen molar-refractivity contribution in [3.8, 4) is 11.1 Å². The quantitative estimate of drug-likeness (QED) is 0.123. The SMILES string of the molecule is CO[C@H](COP(=O)(O)CP(=O)(O)O)[C@@H](O)[C@@H](O)n1cnc2c(NCc3ccc(-c4ccccc4)cc3)ncnc21. The molecule has 6 N–H and O–H groups in total. The summed E-state index contributed by atoms with van der Waals surface area (Å²) >= 11 is 0. The first-order chi connectivity index (χ1) is 19.0. The molecule has 2 aromatic heterocycles. The van der Waals surface area contributed by atoms with Gasteiger partial charge in [0.1, 0.15) is 18.5 Å². The van der Waals surface area contributed by atoms with Crippen LogP contribution in [0.3, 0.4) is 0 Å². The Labute approximate surface area is 229 Å². The minimum Gasteiger partial charge on any atom is -0.386 e. The van der Waals surface area contributed by atoms with Crippen LogP contribution in [0.1, 0.15) is 11.8 Å². The van der Waals surface area contributed by atoms with Crippen molar-refractivity contribution in [2.75, 3.05) is 24.9 Å². The minimum absolute atomic E-state index is 0.188. The maximum Gasteiger partial charge on any atom is 0.340 e. The molecule has 0 radical (unpaired) electrons. The molecule has 0 fully saturated rings. The van der Waals surface area contributed by atoms with Crippen molar-refractivity contribution in [3.05, 3.63) is 72.8 Å². The maximum absolute atomic E-state index is 11.9. The summed E-state index contributed by atoms with van der Waals surface area (Å²) in [6.07, 6.45) is -2.21. The summed E-state index contributed by atoms with van der Waals surface area (Å²) in [7, 11) is -8.36. The second-order valence-corrected chi connectivity index (χ2v) is 12.9. The Kier molecular flexibility index (Phi) is 9.47. The van der Waals surface area contributed by atoms with Gasteiger partial charge in [-0.05, 0) is 16.7 Å². The molecule has 4 atom stereocenters. The number of aliphatic hydroxyl groups is 2. The number of aromatic nitrogens is 4. The molecule has 1 unspecified atom stereocenters. The molecule has 4 rings (SSSR count). The molecule has 0 aliphatic heterocycles. The second-order valence-electron chi connectivity index (χ2n) is 8.88. The van der Waals surface area contributed by atoms with Gasteiger partial charge >= 0.3 is 15.2 Å². The number of methoxy groups -OCH3 is 1. The minimum atomic E-state index is -4.83. The van der Waals surface area contributed by atoms with Gasteiger partial charge in [-0.25, -0.2) is 15.0 Å². The Morgan fingerprint density at radius 1 is 0.950 bits per heavy atom. The number of fused-ring (bicyclic) bond motifs is 1. The average Bonchev–Trinajstić information content (AvgIpc) is 3.36. The van der Waals surface area contributed by atoms with Gasteiger partial charge in [-0.2, -0.15) is 0 Å². The van der Waals surface area contributed by atoms with Crippen LogP contribution in [0.4, 0.5) is 5.82 Å². The number of aliphatic hydroxyl groups excluding tert-OH is 2. The fourth-order valence-electron chi connectivity index (χ4n) is 3.93. The van der Waals surface area contributed by atoms with E-state index in [2.05, 4.69) is 20.3 Å². The van der Waals surface area contributed by atoms with Crippen LogP contribution in [0.15, 0.2) is 67.3 Å². The van der Waals surface area contributed by atoms with Gasteiger partial charge in [0.15, 0.2) is 29.1 Å². The summed E-state index contributed by atoms with van der Waals surface area (Å²) in [5.74, 6) is -1.01. The summed E-state index contributed by atoms with van der Waals surface area (Å²) in [6.45, 7) is -0.307. The van der Waals surface area contributed by atoms with E-state index < -0.39 is 46.1 Å². The first kappa shape index (κ1) is 29.9. The van der Waals surface area contributed by atoms with E-state index in [1.165, 1.54) is 17.2 Å². The van der Waals surface area contributed by atoms with Crippen LogP contribution < -0.4 is 5.32 Å². The Balaban J connectivity index is 1.43. The van der Waals surface area contributed by atoms with Crippen molar-refractivity contribution in [1.29, 1.82) is 0 Å². The van der Waals surface area contributed by atoms with Crippen LogP contribution in [0, 0.1) is 0 Å². The van der Waals surface area contributed by atoms with Crippen LogP contribution in [0.2, 0.25) is 0 Å². The van der Waals surface area contributed by atoms with E-state index in [9.17, 15) is 24.2 Å². The highest BCUT2D eigenvalue weighted by molar-refractivity contribution is 7.70. The lowest BCUT2D eigenvalue weighted by atomic mass is 10.0. The molecule has 14 nitrogen and oxygen atoms in total. The van der Waals surface area contributed by atoms with Crippen molar-refractivity contribution < 1.29 is 43.3 Å². The largest absolute Gasteiger partial charge is 0.386 e. The van der Waals surface area contributed by atoms with Crippen molar-refractivity contribution in [2.45, 2.75) is 25.0 Å². The van der Waals surface area contributed by atoms with E-state index in [1.807, 2.05) is 54.6 Å². The average molecular weight is 593 g/mol. The molecule has 2 aromatic carbocycles. The van der Waals surface area contributed by atoms with Crippen LogP contribution in [-0.4, -0.2) is 76.2 Å². The van der Waals surface area contributed by atoms with Gasteiger partial charge in [0.25, 0.3) is 0 Å². The summed E-state index contributed by atoms with van der Waals surface area (Å²) in [6, 6.07) is 18.0. The molecular formula is C24H29N5O9P2. The Bertz CT molecular complexity index is 1510. The standard InChI is InChI=1S/C24H29N5O9P2/c1-37-19(12-38-40(35,36)15-39(32,33)34)21(30)24(31)29-14-28-20-22(26-13-27-23(20)29)25-11-16-7-9-18(10-8-16)17-5-3-2-4-6-17/h2-10,13-14,19,21,24,30-31H,11-12,15H2,1H3,(H,35,36)(H,25,26,27)(H2,32,33,34)/t19-,21-,24-/m1/s1. The van der Waals surface area contributed by atoms with Gasteiger partial charge in [0, 0.05) is 13.7 Å². The van der Waals surface area contributed by atoms with E-state index in [1.54, 1.807) is 0 Å². The number of anilines is 1. The second kappa shape index (κ2) is 12.6. The van der Waals surface area contributed by atoms with Crippen molar-refractivity contribution in [1.82, 2.24) is 19.5 Å². The summed E-state index contributed by atoms with van der Waals surface area (Å²) in [4.78, 5) is 40.2. The summed E-state index contributed by atoms with van der Waals surface area (Å²) in [5.41, 5.74) is 3.70. The Morgan fingerprint density at radius 3 is 2.27 bits per heavy atom. The predicted octanol–water partition coefficient (Wildman–Crippen LogP) is 2.31. The third-order valence-electron chi connectivity index (χ3n) is 5.96. The normalized spacial score (nSPS) is 15.8. The molecule has 2 heterocycles. The van der Waals surface area contributed by atoms with Crippen LogP contribution >= 0.6 is 15.2 Å². The van der Waals surface area contributed by atoms with E-state index >= 15 is 0 Å². The van der Waals surface area contributed by atoms with Gasteiger partial charge in [0.05, 0.1) is 12.9 Å². The number of hydrogen-bond acceptors (Lipinski definition) is 10. The molecule has 0 saturated carbocycles. The van der Waals surface area contributed by atoms with E-state index in [4.69, 9.17) is 19.0 Å². The molecule has 16 heteroatoms. The van der Waals surface area contributed by atoms with Crippen LogP contribution in [0.25, 0.3) is 22.3 Å². The van der Waals surface area contributed by atoms with Gasteiger partial charge < -0.3 is 39.5 Å². The number of nitrogens with zero attached hydrogens (tertiary/aromatic N) is 4. The molecule has 0 bridgehead atoms. The fourth-order valence-corrected chi connectivity index (χ4v) is 6.50. The van der Waals surface area contributed by atoms with Crippen molar-refractivity contribution in [3.63, 3.8) is 0 Å². The molecular weight excluding hydrogens is 564 g/mol. The smallest absolute Gasteiger partial charge is 0.340 e. The summed E-state index contributed by atoms with van der Waals surface area (Å²) < 4.78 is 33.9. The van der Waals surface area contributed by atoms with E-state index in [0.717, 1.165) is 23.8 Å². The van der Waals surface area contributed by atoms with Gasteiger partial charge in [-0.15, -0.1) is 0 Å². The Hall–Kier alpha value is -3.03. The number of benzene rings is 2. The van der Waals surface area contributed by atoms with Crippen LogP contribution in [0.5, 0.6) is 0 Å². The summed E-state index contributed by atoms with van der Waals surface area (Å²) in [5, 5.41) is 24.7. The van der Waals surface area contributed by atoms with Crippen molar-refractivity contribution >= 4 is 32.2 Å². The lowest BCUT2D eigenvalue weighted by Gasteiger charge is -2.27. The molecule has 0 aliphatic rings. The number of rotatable bonds is 13. The molecule has 0 saturated heterocycles. The van der Waals surface area contributed by atoms with Crippen molar-refractivity contribution in [2.24, 2.45) is 0 Å². The lowest BCUT2D eigenvalue weighted by Crippen LogP contribution is -2.39. The Morgan fingerprint density at radius 2 is 1.62 bits per heavy atom. The first-order valence-corrected chi connectivity index (χ1v) is 15.5. The monoisotopic (exact) mass is 593 g/mol. The van der Waals surface area contributed by atoms with Gasteiger partial charge in [-0.1, -0.05) is 54.6 Å². The van der Waals surface area contributed by atoms with Gasteiger partial charge in [0.2, 0.25) is 0 Å². The van der Waals surface area contributed by atoms with Gasteiger partial charge in [-0.3, -0.25) is 13.7 Å². The number of ether oxygens (including phenoxy) is 1. The molecule has 0 amide bonds. The third kappa shape index (κ3) is 7.58. The zero-order valence-corrected chi connectivity index (χ0v) is 23.0. The molecule has 40 heavy (non-hydrogen) atoms. The fraction of sp³-hybridized carbons (Fsp3) is 0.292. The van der Waals surface area contributed by atoms with E-state index in [-0.39, 0.29) is 5.65 Å². The maximum atomic E-state index is 11.9. The molecule has 4 aromatic rings. The molecule has 0 aliphatic carbocycles. The van der Waals surface area contributed by atoms with Crippen LogP contribution in [-0.2, 0) is 24.9 Å². The zero-order chi connectivity index (χ0) is 28.9. The van der Waals surface area contributed by atoms with E-state index in [0.29, 0.717) is 17.9 Å². The highest BCUT2D eigenvalue weighted by Gasteiger charge is 2.35. The topological polar surface area (TPSA) is 209 Å². The zero-order valence-electron chi connectivity index (χ0n) is 21.3. The first-order valence-electron chi connectivity index (χ1n) is 11.9. The predicted molar refractivity (Wildman–Crippen MR) is 145 cm³/mol. The number of imidazole rings is 1. The third-order valence-corrected chi connectivity index (χ3v) is 9.41. The lowest BCUT2D eigenvalue weighted by molar-refractivity contribution is -0.113. The highest BCUT2D eigenvalue weighted by Crippen LogP contribution is 2.55. The number of nitrogens with one attached hydrogen (secondary N) is 1. The molecule has 0 spiro atoms.